The maximum atomic E-state index is 13.9. The van der Waals surface area contributed by atoms with Gasteiger partial charge >= 0.3 is 0 Å². The first-order valence-corrected chi connectivity index (χ1v) is 10.7. The Morgan fingerprint density at radius 3 is 2.70 bits per heavy atom. The number of methoxy groups -OCH3 is 1. The van der Waals surface area contributed by atoms with Gasteiger partial charge < -0.3 is 15.4 Å². The zero-order chi connectivity index (χ0) is 22.9. The van der Waals surface area contributed by atoms with E-state index in [0.29, 0.717) is 23.4 Å². The van der Waals surface area contributed by atoms with Crippen LogP contribution in [0.4, 0.5) is 15.8 Å². The van der Waals surface area contributed by atoms with Crippen molar-refractivity contribution in [3.63, 3.8) is 0 Å². The Morgan fingerprint density at radius 1 is 1.15 bits per heavy atom. The van der Waals surface area contributed by atoms with Crippen molar-refractivity contribution >= 4 is 23.2 Å². The number of nitrogens with zero attached hydrogens (tertiary/aromatic N) is 1. The molecule has 2 aliphatic heterocycles. The molecule has 8 heteroatoms. The summed E-state index contributed by atoms with van der Waals surface area (Å²) >= 11 is 0. The number of nitrogens with one attached hydrogen (secondary N) is 3. The number of amides is 2. The van der Waals surface area contributed by atoms with Crippen LogP contribution in [-0.4, -0.2) is 25.5 Å². The fraction of sp³-hybridized carbons (Fsp3) is 0.200. The molecule has 3 aromatic carbocycles. The van der Waals surface area contributed by atoms with E-state index in [-0.39, 0.29) is 36.1 Å². The smallest absolute Gasteiger partial charge is 0.251 e. The minimum Gasteiger partial charge on any atom is -0.497 e. The second kappa shape index (κ2) is 8.55. The number of carbonyl (C=O) groups excluding carboxylic acids is 2. The maximum Gasteiger partial charge on any atom is 0.251 e. The van der Waals surface area contributed by atoms with Crippen molar-refractivity contribution in [2.24, 2.45) is 5.92 Å². The van der Waals surface area contributed by atoms with Gasteiger partial charge in [0.15, 0.2) is 0 Å². The molecule has 0 spiro atoms. The van der Waals surface area contributed by atoms with Crippen molar-refractivity contribution in [2.45, 2.75) is 12.6 Å². The van der Waals surface area contributed by atoms with Crippen LogP contribution in [0.3, 0.4) is 0 Å². The zero-order valence-electron chi connectivity index (χ0n) is 18.0. The Hall–Kier alpha value is -3.91. The fourth-order valence-corrected chi connectivity index (χ4v) is 4.29. The van der Waals surface area contributed by atoms with Crippen LogP contribution in [0.2, 0.25) is 0 Å². The molecule has 2 unspecified atom stereocenters. The Balaban J connectivity index is 1.36. The van der Waals surface area contributed by atoms with Crippen molar-refractivity contribution in [1.29, 1.82) is 0 Å². The normalized spacial score (nSPS) is 18.8. The van der Waals surface area contributed by atoms with Gasteiger partial charge in [0.05, 0.1) is 24.8 Å². The summed E-state index contributed by atoms with van der Waals surface area (Å²) in [5, 5.41) is 7.62. The van der Waals surface area contributed by atoms with E-state index in [1.807, 2.05) is 18.2 Å². The zero-order valence-corrected chi connectivity index (χ0v) is 18.0. The van der Waals surface area contributed by atoms with E-state index >= 15 is 0 Å². The number of rotatable bonds is 5. The molecule has 0 radical (unpaired) electrons. The molecule has 7 nitrogen and oxygen atoms in total. The molecule has 2 aliphatic rings. The lowest BCUT2D eigenvalue weighted by atomic mass is 9.88. The van der Waals surface area contributed by atoms with Gasteiger partial charge in [-0.2, -0.15) is 0 Å². The van der Waals surface area contributed by atoms with Crippen molar-refractivity contribution in [3.8, 4) is 5.75 Å². The van der Waals surface area contributed by atoms with Crippen LogP contribution in [0, 0.1) is 11.7 Å². The molecule has 0 saturated carbocycles. The number of benzene rings is 3. The van der Waals surface area contributed by atoms with Crippen LogP contribution >= 0.6 is 0 Å². The SMILES string of the molecule is COc1ccc(N2NC3c4cc(C(=O)NCc5ccccc5F)ccc4NCC3C2=O)cc1. The van der Waals surface area contributed by atoms with Crippen molar-refractivity contribution < 1.29 is 18.7 Å². The van der Waals surface area contributed by atoms with Gasteiger partial charge in [-0.3, -0.25) is 9.59 Å². The molecule has 33 heavy (non-hydrogen) atoms. The number of halogens is 1. The molecule has 1 saturated heterocycles. The second-order valence-corrected chi connectivity index (χ2v) is 8.04. The second-order valence-electron chi connectivity index (χ2n) is 8.04. The third-order valence-corrected chi connectivity index (χ3v) is 6.10. The average molecular weight is 446 g/mol. The summed E-state index contributed by atoms with van der Waals surface area (Å²) in [7, 11) is 1.59. The summed E-state index contributed by atoms with van der Waals surface area (Å²) in [6, 6.07) is 18.7. The van der Waals surface area contributed by atoms with Crippen LogP contribution in [0.1, 0.15) is 27.5 Å². The van der Waals surface area contributed by atoms with Gasteiger partial charge in [-0.25, -0.2) is 14.8 Å². The molecule has 0 aromatic heterocycles. The molecule has 2 amide bonds. The number of hydrogen-bond donors (Lipinski definition) is 3. The predicted molar refractivity (Wildman–Crippen MR) is 122 cm³/mol. The van der Waals surface area contributed by atoms with Gasteiger partial charge in [0, 0.05) is 29.9 Å². The lowest BCUT2D eigenvalue weighted by Gasteiger charge is -2.27. The van der Waals surface area contributed by atoms with E-state index in [4.69, 9.17) is 4.74 Å². The third kappa shape index (κ3) is 3.89. The van der Waals surface area contributed by atoms with Crippen LogP contribution in [0.25, 0.3) is 0 Å². The van der Waals surface area contributed by atoms with E-state index in [1.165, 1.54) is 6.07 Å². The molecule has 2 heterocycles. The standard InChI is InChI=1S/C25H23FN4O3/c1-33-18-9-7-17(8-10-18)30-25(32)20-14-27-22-11-6-15(12-19(22)23(20)29-30)24(31)28-13-16-4-2-3-5-21(16)26/h2-12,20,23,27,29H,13-14H2,1H3,(H,28,31). The highest BCUT2D eigenvalue weighted by Gasteiger charge is 2.44. The fourth-order valence-electron chi connectivity index (χ4n) is 4.29. The van der Waals surface area contributed by atoms with Gasteiger partial charge in [0.2, 0.25) is 5.91 Å². The topological polar surface area (TPSA) is 82.7 Å². The van der Waals surface area contributed by atoms with Gasteiger partial charge in [0.1, 0.15) is 11.6 Å². The van der Waals surface area contributed by atoms with E-state index in [9.17, 15) is 14.0 Å². The first-order chi connectivity index (χ1) is 16.0. The molecule has 168 valence electrons. The molecular weight excluding hydrogens is 423 g/mol. The first-order valence-electron chi connectivity index (χ1n) is 10.7. The van der Waals surface area contributed by atoms with Crippen LogP contribution in [-0.2, 0) is 11.3 Å². The highest BCUT2D eigenvalue weighted by molar-refractivity contribution is 5.99. The summed E-state index contributed by atoms with van der Waals surface area (Å²) in [6.07, 6.45) is 0. The molecular formula is C25H23FN4O3. The van der Waals surface area contributed by atoms with E-state index in [2.05, 4.69) is 16.1 Å². The molecule has 0 aliphatic carbocycles. The molecule has 3 aromatic rings. The van der Waals surface area contributed by atoms with Crippen LogP contribution < -0.4 is 25.8 Å². The Morgan fingerprint density at radius 2 is 1.94 bits per heavy atom. The molecule has 3 N–H and O–H groups in total. The Labute approximate surface area is 190 Å². The molecule has 1 fully saturated rings. The largest absolute Gasteiger partial charge is 0.497 e. The Bertz CT molecular complexity index is 1210. The van der Waals surface area contributed by atoms with Crippen molar-refractivity contribution in [3.05, 3.63) is 89.2 Å². The average Bonchev–Trinajstić information content (AvgIpc) is 3.20. The van der Waals surface area contributed by atoms with Gasteiger partial charge in [-0.05, 0) is 54.1 Å². The number of carbonyl (C=O) groups is 2. The number of ether oxygens (including phenoxy) is 1. The van der Waals surface area contributed by atoms with E-state index in [0.717, 1.165) is 16.9 Å². The minimum atomic E-state index is -0.359. The van der Waals surface area contributed by atoms with Gasteiger partial charge in [-0.1, -0.05) is 18.2 Å². The van der Waals surface area contributed by atoms with E-state index < -0.39 is 0 Å². The van der Waals surface area contributed by atoms with Gasteiger partial charge in [-0.15, -0.1) is 0 Å². The summed E-state index contributed by atoms with van der Waals surface area (Å²) < 4.78 is 19.1. The quantitative estimate of drug-likeness (QED) is 0.560. The summed E-state index contributed by atoms with van der Waals surface area (Å²) in [6.45, 7) is 0.587. The lowest BCUT2D eigenvalue weighted by Crippen LogP contribution is -2.35. The molecule has 2 atom stereocenters. The van der Waals surface area contributed by atoms with Crippen molar-refractivity contribution in [2.75, 3.05) is 24.0 Å². The number of hydrogen-bond acceptors (Lipinski definition) is 5. The summed E-state index contributed by atoms with van der Waals surface area (Å²) in [4.78, 5) is 25.8. The summed E-state index contributed by atoms with van der Waals surface area (Å²) in [5.74, 6) is -0.308. The van der Waals surface area contributed by atoms with E-state index in [1.54, 1.807) is 54.6 Å². The minimum absolute atomic E-state index is 0.0438. The first kappa shape index (κ1) is 21.0. The Kier molecular flexibility index (Phi) is 5.43. The number of anilines is 2. The van der Waals surface area contributed by atoms with Crippen molar-refractivity contribution in [1.82, 2.24) is 10.7 Å². The summed E-state index contributed by atoms with van der Waals surface area (Å²) in [5.41, 5.74) is 6.61. The van der Waals surface area contributed by atoms with Gasteiger partial charge in [0.25, 0.3) is 5.91 Å². The lowest BCUT2D eigenvalue weighted by molar-refractivity contribution is -0.120. The third-order valence-electron chi connectivity index (χ3n) is 6.10. The monoisotopic (exact) mass is 446 g/mol. The van der Waals surface area contributed by atoms with Crippen LogP contribution in [0.15, 0.2) is 66.7 Å². The number of hydrazine groups is 1. The predicted octanol–water partition coefficient (Wildman–Crippen LogP) is 3.40. The maximum absolute atomic E-state index is 13.9. The number of fused-ring (bicyclic) bond motifs is 3. The molecule has 0 bridgehead atoms. The highest BCUT2D eigenvalue weighted by Crippen LogP contribution is 2.40. The van der Waals surface area contributed by atoms with Crippen LogP contribution in [0.5, 0.6) is 5.75 Å². The molecule has 5 rings (SSSR count). The highest BCUT2D eigenvalue weighted by atomic mass is 19.1.